The number of para-hydroxylation sites is 1. The van der Waals surface area contributed by atoms with E-state index in [2.05, 4.69) is 0 Å². The molecule has 3 aromatic rings. The van der Waals surface area contributed by atoms with E-state index in [1.54, 1.807) is 11.2 Å². The second-order valence-corrected chi connectivity index (χ2v) is 6.23. The van der Waals surface area contributed by atoms with Crippen LogP contribution in [0.4, 0.5) is 5.69 Å². The van der Waals surface area contributed by atoms with Crippen molar-refractivity contribution in [1.29, 1.82) is 0 Å². The van der Waals surface area contributed by atoms with E-state index in [0.717, 1.165) is 22.4 Å². The summed E-state index contributed by atoms with van der Waals surface area (Å²) in [7, 11) is 0. The monoisotopic (exact) mass is 339 g/mol. The highest BCUT2D eigenvalue weighted by Crippen LogP contribution is 2.38. The van der Waals surface area contributed by atoms with Crippen LogP contribution in [0.2, 0.25) is 0 Å². The number of hydrogen-bond donors (Lipinski definition) is 0. The quantitative estimate of drug-likeness (QED) is 0.511. The van der Waals surface area contributed by atoms with Gasteiger partial charge in [-0.2, -0.15) is 9.42 Å². The Hall–Kier alpha value is -3.53. The maximum Gasteiger partial charge on any atom is 0.458 e. The smallest absolute Gasteiger partial charge is 0.281 e. The van der Waals surface area contributed by atoms with E-state index >= 15 is 0 Å². The number of nitrogens with zero attached hydrogens (tertiary/aromatic N) is 2. The average Bonchev–Trinajstić information content (AvgIpc) is 3.23. The van der Waals surface area contributed by atoms with Crippen LogP contribution >= 0.6 is 0 Å². The number of benzene rings is 3. The van der Waals surface area contributed by atoms with E-state index in [4.69, 9.17) is 9.42 Å². The normalized spacial score (nSPS) is 19.1. The Morgan fingerprint density at radius 1 is 0.808 bits per heavy atom. The molecule has 1 amide bonds. The predicted octanol–water partition coefficient (Wildman–Crippen LogP) is 4.15. The van der Waals surface area contributed by atoms with Crippen LogP contribution in [0.3, 0.4) is 0 Å². The molecule has 2 aliphatic heterocycles. The second-order valence-electron chi connectivity index (χ2n) is 6.23. The van der Waals surface area contributed by atoms with E-state index < -0.39 is 6.17 Å². The largest absolute Gasteiger partial charge is 0.458 e. The van der Waals surface area contributed by atoms with Crippen LogP contribution in [0, 0.1) is 0 Å². The average molecular weight is 339 g/mol. The number of anilines is 1. The molecule has 0 saturated carbocycles. The summed E-state index contributed by atoms with van der Waals surface area (Å²) in [6.07, 6.45) is 1.25. The molecule has 1 atom stereocenters. The topological polar surface area (TPSA) is 44.0 Å². The number of hydrogen-bond acceptors (Lipinski definition) is 2. The lowest BCUT2D eigenvalue weighted by Crippen LogP contribution is -2.27. The zero-order chi connectivity index (χ0) is 17.5. The van der Waals surface area contributed by atoms with Crippen molar-refractivity contribution < 1.29 is 9.22 Å². The van der Waals surface area contributed by atoms with Gasteiger partial charge in [0.25, 0.3) is 5.91 Å². The molecule has 0 saturated heterocycles. The number of carbonyl (C=O) groups excluding carboxylic acids is 2. The summed E-state index contributed by atoms with van der Waals surface area (Å²) in [5.41, 5.74) is 4.33. The minimum Gasteiger partial charge on any atom is -0.281 e. The molecule has 0 bridgehead atoms. The van der Waals surface area contributed by atoms with Crippen molar-refractivity contribution in [3.8, 4) is 0 Å². The maximum atomic E-state index is 13.0. The van der Waals surface area contributed by atoms with E-state index in [9.17, 15) is 4.79 Å². The number of fused-ring (bicyclic) bond motifs is 2. The molecule has 0 radical (unpaired) electrons. The Morgan fingerprint density at radius 2 is 1.50 bits per heavy atom. The zero-order valence-corrected chi connectivity index (χ0v) is 13.9. The van der Waals surface area contributed by atoms with Crippen LogP contribution in [0.25, 0.3) is 0 Å². The molecule has 0 N–H and O–H groups in total. The molecular formula is C22H15N2O2+. The van der Waals surface area contributed by atoms with Gasteiger partial charge < -0.3 is 0 Å². The summed E-state index contributed by atoms with van der Waals surface area (Å²) >= 11 is 0. The molecule has 5 rings (SSSR count). The molecule has 4 nitrogen and oxygen atoms in total. The fraction of sp³-hybridized carbons (Fsp3) is 0.0455. The lowest BCUT2D eigenvalue weighted by Gasteiger charge is -2.21. The highest BCUT2D eigenvalue weighted by Gasteiger charge is 2.40. The number of aliphatic imine (C=N–C) groups is 1. The zero-order valence-electron chi connectivity index (χ0n) is 13.9. The van der Waals surface area contributed by atoms with Gasteiger partial charge in [-0.05, 0) is 30.3 Å². The molecule has 1 unspecified atom stereocenters. The molecule has 0 fully saturated rings. The second kappa shape index (κ2) is 5.77. The first-order valence-electron chi connectivity index (χ1n) is 8.47. The van der Waals surface area contributed by atoms with Crippen molar-refractivity contribution in [2.24, 2.45) is 4.99 Å². The van der Waals surface area contributed by atoms with Gasteiger partial charge in [0.1, 0.15) is 5.56 Å². The third kappa shape index (κ3) is 2.19. The van der Waals surface area contributed by atoms with Gasteiger partial charge in [0.2, 0.25) is 0 Å². The fourth-order valence-electron chi connectivity index (χ4n) is 3.46. The van der Waals surface area contributed by atoms with Gasteiger partial charge >= 0.3 is 12.2 Å². The van der Waals surface area contributed by atoms with Crippen LogP contribution in [0.1, 0.15) is 37.6 Å². The van der Waals surface area contributed by atoms with Crippen LogP contribution in [-0.2, 0) is 0 Å². The van der Waals surface area contributed by atoms with Crippen LogP contribution < -0.4 is 4.90 Å². The number of amides is 1. The maximum absolute atomic E-state index is 13.0. The fourth-order valence-corrected chi connectivity index (χ4v) is 3.46. The summed E-state index contributed by atoms with van der Waals surface area (Å²) in [5, 5.41) is 0. The summed E-state index contributed by atoms with van der Waals surface area (Å²) < 4.78 is 5.71. The Bertz CT molecular complexity index is 1070. The van der Waals surface area contributed by atoms with Gasteiger partial charge in [-0.25, -0.2) is 0 Å². The number of rotatable bonds is 2. The summed E-state index contributed by atoms with van der Waals surface area (Å²) in [5.74, 6) is 0.493. The number of carbonyl (C=O) groups is 1. The Kier molecular flexibility index (Phi) is 3.28. The number of aldehydes is 1. The molecular weight excluding hydrogens is 324 g/mol. The minimum absolute atomic E-state index is 0.0450. The molecule has 0 aliphatic carbocycles. The van der Waals surface area contributed by atoms with Crippen molar-refractivity contribution in [2.75, 3.05) is 4.90 Å². The van der Waals surface area contributed by atoms with Crippen molar-refractivity contribution in [3.05, 3.63) is 101 Å². The van der Waals surface area contributed by atoms with Gasteiger partial charge in [0, 0.05) is 16.8 Å². The minimum atomic E-state index is -0.448. The molecule has 0 aromatic heterocycles. The third-order valence-electron chi connectivity index (χ3n) is 4.70. The van der Waals surface area contributed by atoms with Crippen molar-refractivity contribution >= 4 is 23.8 Å². The summed E-state index contributed by atoms with van der Waals surface area (Å²) in [6, 6.07) is 25.1. The molecule has 124 valence electrons. The Balaban J connectivity index is 1.67. The molecule has 26 heavy (non-hydrogen) atoms. The summed E-state index contributed by atoms with van der Waals surface area (Å²) in [6.45, 7) is 0. The lowest BCUT2D eigenvalue weighted by atomic mass is 10.1. The van der Waals surface area contributed by atoms with Gasteiger partial charge in [0.15, 0.2) is 6.17 Å². The van der Waals surface area contributed by atoms with E-state index in [-0.39, 0.29) is 5.91 Å². The highest BCUT2D eigenvalue weighted by molar-refractivity contribution is 6.12. The third-order valence-corrected chi connectivity index (χ3v) is 4.70. The highest BCUT2D eigenvalue weighted by atomic mass is 16.4. The van der Waals surface area contributed by atoms with E-state index in [1.165, 1.54) is 0 Å². The molecule has 3 aromatic carbocycles. The first kappa shape index (κ1) is 14.8. The standard InChI is InChI=1S/C22H15N2O2/c25-22-19-13-7-6-12-18(19)20(24(22)16-9-2-1-3-10-16)23-21-17-11-5-4-8-15(17)14-26-21/h1-14,20H/q+1. The molecule has 2 aliphatic rings. The molecule has 4 heteroatoms. The lowest BCUT2D eigenvalue weighted by molar-refractivity contribution is -0.0978. The molecule has 0 spiro atoms. The van der Waals surface area contributed by atoms with Gasteiger partial charge in [-0.3, -0.25) is 9.69 Å². The first-order chi connectivity index (χ1) is 12.8. The van der Waals surface area contributed by atoms with Crippen LogP contribution in [-0.4, -0.2) is 18.1 Å². The van der Waals surface area contributed by atoms with Crippen molar-refractivity contribution in [3.63, 3.8) is 0 Å². The molecule has 2 heterocycles. The van der Waals surface area contributed by atoms with Gasteiger partial charge in [-0.15, -0.1) is 0 Å². The van der Waals surface area contributed by atoms with Crippen molar-refractivity contribution in [1.82, 2.24) is 0 Å². The van der Waals surface area contributed by atoms with Gasteiger partial charge in [0.05, 0.1) is 5.56 Å². The Morgan fingerprint density at radius 3 is 2.35 bits per heavy atom. The van der Waals surface area contributed by atoms with E-state index in [0.29, 0.717) is 11.5 Å². The van der Waals surface area contributed by atoms with E-state index in [1.807, 2.05) is 78.9 Å². The first-order valence-corrected chi connectivity index (χ1v) is 8.47. The van der Waals surface area contributed by atoms with Crippen LogP contribution in [0.5, 0.6) is 0 Å². The SMILES string of the molecule is O=C1c2ccccc2C(N=C2[O+]=Cc3ccccc32)N1c1ccccc1. The van der Waals surface area contributed by atoms with Crippen molar-refractivity contribution in [2.45, 2.75) is 6.17 Å². The summed E-state index contributed by atoms with van der Waals surface area (Å²) in [4.78, 5) is 19.6. The Labute approximate surface area is 150 Å². The van der Waals surface area contributed by atoms with Crippen LogP contribution in [0.15, 0.2) is 83.9 Å². The van der Waals surface area contributed by atoms with Gasteiger partial charge in [-0.1, -0.05) is 48.5 Å². The predicted molar refractivity (Wildman–Crippen MR) is 101 cm³/mol.